The van der Waals surface area contributed by atoms with E-state index in [1.807, 2.05) is 35.2 Å². The lowest BCUT2D eigenvalue weighted by atomic mass is 9.71. The van der Waals surface area contributed by atoms with E-state index in [1.165, 1.54) is 12.1 Å². The zero-order chi connectivity index (χ0) is 21.2. The van der Waals surface area contributed by atoms with E-state index in [0.29, 0.717) is 12.1 Å². The Morgan fingerprint density at radius 3 is 2.13 bits per heavy atom. The third-order valence-electron chi connectivity index (χ3n) is 6.71. The van der Waals surface area contributed by atoms with Crippen LogP contribution in [0.3, 0.4) is 0 Å². The first kappa shape index (κ1) is 20.9. The fourth-order valence-corrected chi connectivity index (χ4v) is 4.74. The first-order valence-electron chi connectivity index (χ1n) is 10.6. The summed E-state index contributed by atoms with van der Waals surface area (Å²) in [5, 5.41) is 0. The molecule has 2 aliphatic heterocycles. The molecule has 1 amide bonds. The largest absolute Gasteiger partial charge is 0.416 e. The number of halogens is 3. The highest BCUT2D eigenvalue weighted by Crippen LogP contribution is 2.41. The number of amides is 1. The molecule has 4 rings (SSSR count). The molecule has 0 N–H and O–H groups in total. The van der Waals surface area contributed by atoms with Gasteiger partial charge in [-0.2, -0.15) is 13.2 Å². The molecule has 3 nitrogen and oxygen atoms in total. The lowest BCUT2D eigenvalue weighted by Crippen LogP contribution is -2.48. The number of benzene rings is 2. The van der Waals surface area contributed by atoms with Gasteiger partial charge in [-0.3, -0.25) is 9.69 Å². The third-order valence-corrected chi connectivity index (χ3v) is 6.71. The molecule has 30 heavy (non-hydrogen) atoms. The molecular weight excluding hydrogens is 389 g/mol. The van der Waals surface area contributed by atoms with Crippen molar-refractivity contribution in [3.63, 3.8) is 0 Å². The minimum absolute atomic E-state index is 0.104. The number of carbonyl (C=O) groups is 1. The van der Waals surface area contributed by atoms with Gasteiger partial charge in [-0.05, 0) is 68.0 Å². The number of likely N-dealkylation sites (tertiary alicyclic amines) is 2. The summed E-state index contributed by atoms with van der Waals surface area (Å²) in [7, 11) is 0. The molecule has 6 heteroatoms. The molecule has 0 unspecified atom stereocenters. The van der Waals surface area contributed by atoms with Crippen LogP contribution < -0.4 is 0 Å². The van der Waals surface area contributed by atoms with Gasteiger partial charge in [-0.15, -0.1) is 0 Å². The first-order chi connectivity index (χ1) is 14.3. The Bertz CT molecular complexity index is 864. The van der Waals surface area contributed by atoms with Crippen LogP contribution in [0, 0.1) is 5.41 Å². The number of piperidine rings is 2. The second-order valence-electron chi connectivity index (χ2n) is 8.63. The standard InChI is InChI=1S/C24H27F3N2O/c25-24(26,27)21-8-4-5-19(17-21)18-28-13-9-23(10-14-28)11-15-29(16-12-23)22(30)20-6-2-1-3-7-20/h1-8,17H,9-16,18H2. The Kier molecular flexibility index (Phi) is 5.87. The van der Waals surface area contributed by atoms with Crippen molar-refractivity contribution >= 4 is 5.91 Å². The van der Waals surface area contributed by atoms with Crippen molar-refractivity contribution in [3.8, 4) is 0 Å². The van der Waals surface area contributed by atoms with E-state index in [4.69, 9.17) is 0 Å². The molecule has 1 spiro atoms. The van der Waals surface area contributed by atoms with Crippen LogP contribution in [0.15, 0.2) is 54.6 Å². The van der Waals surface area contributed by atoms with Crippen molar-refractivity contribution in [1.82, 2.24) is 9.80 Å². The maximum absolute atomic E-state index is 12.9. The van der Waals surface area contributed by atoms with E-state index in [-0.39, 0.29) is 11.3 Å². The number of nitrogens with zero attached hydrogens (tertiary/aromatic N) is 2. The molecule has 0 aromatic heterocycles. The van der Waals surface area contributed by atoms with Crippen molar-refractivity contribution in [2.75, 3.05) is 26.2 Å². The Hall–Kier alpha value is -2.34. The molecule has 2 aromatic carbocycles. The maximum atomic E-state index is 12.9. The predicted molar refractivity (Wildman–Crippen MR) is 110 cm³/mol. The molecule has 2 aliphatic rings. The summed E-state index contributed by atoms with van der Waals surface area (Å²) in [6.07, 6.45) is -0.211. The lowest BCUT2D eigenvalue weighted by molar-refractivity contribution is -0.137. The van der Waals surface area contributed by atoms with E-state index in [9.17, 15) is 18.0 Å². The molecule has 2 aromatic rings. The molecule has 0 radical (unpaired) electrons. The zero-order valence-corrected chi connectivity index (χ0v) is 17.0. The Balaban J connectivity index is 1.29. The SMILES string of the molecule is O=C(c1ccccc1)N1CCC2(CCN(Cc3cccc(C(F)(F)F)c3)CC2)CC1. The second-order valence-corrected chi connectivity index (χ2v) is 8.63. The van der Waals surface area contributed by atoms with Gasteiger partial charge in [0.05, 0.1) is 5.56 Å². The van der Waals surface area contributed by atoms with Crippen LogP contribution in [0.5, 0.6) is 0 Å². The fourth-order valence-electron chi connectivity index (χ4n) is 4.74. The van der Waals surface area contributed by atoms with Crippen LogP contribution in [0.4, 0.5) is 13.2 Å². The van der Waals surface area contributed by atoms with Crippen molar-refractivity contribution in [1.29, 1.82) is 0 Å². The molecule has 2 saturated heterocycles. The molecule has 0 saturated carbocycles. The van der Waals surface area contributed by atoms with Gasteiger partial charge in [0.25, 0.3) is 5.91 Å². The summed E-state index contributed by atoms with van der Waals surface area (Å²) >= 11 is 0. The summed E-state index contributed by atoms with van der Waals surface area (Å²) in [6.45, 7) is 3.90. The van der Waals surface area contributed by atoms with Crippen LogP contribution in [0.1, 0.15) is 47.2 Å². The smallest absolute Gasteiger partial charge is 0.339 e. The predicted octanol–water partition coefficient (Wildman–Crippen LogP) is 5.22. The maximum Gasteiger partial charge on any atom is 0.416 e. The van der Waals surface area contributed by atoms with Crippen LogP contribution in [-0.2, 0) is 12.7 Å². The summed E-state index contributed by atoms with van der Waals surface area (Å²) in [4.78, 5) is 16.9. The molecule has 0 aliphatic carbocycles. The molecular formula is C24H27F3N2O. The summed E-state index contributed by atoms with van der Waals surface area (Å²) in [5.74, 6) is 0.104. The van der Waals surface area contributed by atoms with Gasteiger partial charge in [0.2, 0.25) is 0 Å². The van der Waals surface area contributed by atoms with Crippen LogP contribution in [0.25, 0.3) is 0 Å². The van der Waals surface area contributed by atoms with Crippen LogP contribution >= 0.6 is 0 Å². The van der Waals surface area contributed by atoms with Crippen molar-refractivity contribution in [2.24, 2.45) is 5.41 Å². The normalized spacial score (nSPS) is 19.8. The van der Waals surface area contributed by atoms with Gasteiger partial charge >= 0.3 is 6.18 Å². The number of hydrogen-bond acceptors (Lipinski definition) is 2. The minimum atomic E-state index is -4.30. The van der Waals surface area contributed by atoms with E-state index in [0.717, 1.165) is 63.5 Å². The average molecular weight is 416 g/mol. The Morgan fingerprint density at radius 1 is 0.867 bits per heavy atom. The summed E-state index contributed by atoms with van der Waals surface area (Å²) in [5.41, 5.74) is 1.13. The third kappa shape index (κ3) is 4.69. The number of hydrogen-bond donors (Lipinski definition) is 0. The highest BCUT2D eigenvalue weighted by Gasteiger charge is 2.38. The van der Waals surface area contributed by atoms with E-state index < -0.39 is 11.7 Å². The highest BCUT2D eigenvalue weighted by molar-refractivity contribution is 5.94. The van der Waals surface area contributed by atoms with E-state index in [2.05, 4.69) is 4.90 Å². The van der Waals surface area contributed by atoms with Crippen molar-refractivity contribution in [2.45, 2.75) is 38.4 Å². The summed E-state index contributed by atoms with van der Waals surface area (Å²) in [6, 6.07) is 15.1. The minimum Gasteiger partial charge on any atom is -0.339 e. The molecule has 160 valence electrons. The second kappa shape index (κ2) is 8.42. The number of rotatable bonds is 3. The Labute approximate surface area is 175 Å². The molecule has 0 bridgehead atoms. The van der Waals surface area contributed by atoms with Gasteiger partial charge in [0.1, 0.15) is 0 Å². The van der Waals surface area contributed by atoms with Gasteiger partial charge in [0.15, 0.2) is 0 Å². The Morgan fingerprint density at radius 2 is 1.50 bits per heavy atom. The first-order valence-corrected chi connectivity index (χ1v) is 10.6. The van der Waals surface area contributed by atoms with Gasteiger partial charge in [-0.1, -0.05) is 36.4 Å². The zero-order valence-electron chi connectivity index (χ0n) is 17.0. The monoisotopic (exact) mass is 416 g/mol. The van der Waals surface area contributed by atoms with Crippen LogP contribution in [-0.4, -0.2) is 41.9 Å². The quantitative estimate of drug-likeness (QED) is 0.685. The fraction of sp³-hybridized carbons (Fsp3) is 0.458. The van der Waals surface area contributed by atoms with Gasteiger partial charge in [0, 0.05) is 25.2 Å². The van der Waals surface area contributed by atoms with E-state index >= 15 is 0 Å². The number of alkyl halides is 3. The van der Waals surface area contributed by atoms with Crippen molar-refractivity contribution in [3.05, 3.63) is 71.3 Å². The average Bonchev–Trinajstić information content (AvgIpc) is 2.76. The number of carbonyl (C=O) groups excluding carboxylic acids is 1. The molecule has 2 fully saturated rings. The lowest BCUT2D eigenvalue weighted by Gasteiger charge is -2.47. The van der Waals surface area contributed by atoms with Gasteiger partial charge in [-0.25, -0.2) is 0 Å². The highest BCUT2D eigenvalue weighted by atomic mass is 19.4. The molecule has 0 atom stereocenters. The summed E-state index contributed by atoms with van der Waals surface area (Å²) < 4.78 is 38.8. The van der Waals surface area contributed by atoms with Gasteiger partial charge < -0.3 is 4.90 Å². The van der Waals surface area contributed by atoms with Crippen molar-refractivity contribution < 1.29 is 18.0 Å². The van der Waals surface area contributed by atoms with Crippen LogP contribution in [0.2, 0.25) is 0 Å². The molecule has 2 heterocycles. The van der Waals surface area contributed by atoms with E-state index in [1.54, 1.807) is 6.07 Å². The topological polar surface area (TPSA) is 23.6 Å².